The number of fused-ring (bicyclic) bond motifs is 2. The van der Waals surface area contributed by atoms with Crippen LogP contribution in [0.25, 0.3) is 10.9 Å². The van der Waals surface area contributed by atoms with E-state index in [1.54, 1.807) is 25.1 Å². The molecule has 0 spiro atoms. The summed E-state index contributed by atoms with van der Waals surface area (Å²) in [6, 6.07) is 13.0. The second kappa shape index (κ2) is 10.7. The molecule has 0 saturated heterocycles. The van der Waals surface area contributed by atoms with Gasteiger partial charge in [0.1, 0.15) is 11.3 Å². The van der Waals surface area contributed by atoms with Crippen molar-refractivity contribution in [3.05, 3.63) is 87.5 Å². The van der Waals surface area contributed by atoms with Gasteiger partial charge in [0.05, 0.1) is 12.2 Å². The first-order valence-corrected chi connectivity index (χ1v) is 12.3. The van der Waals surface area contributed by atoms with Gasteiger partial charge in [-0.1, -0.05) is 24.3 Å². The van der Waals surface area contributed by atoms with E-state index in [1.165, 1.54) is 0 Å². The minimum absolute atomic E-state index is 0.0575. The average Bonchev–Trinajstić information content (AvgIpc) is 3.55. The molecule has 5 rings (SSSR count). The Labute approximate surface area is 217 Å². The van der Waals surface area contributed by atoms with Crippen LogP contribution < -0.4 is 20.3 Å². The number of carbonyl (C=O) groups excluding carboxylic acids is 2. The zero-order valence-corrected chi connectivity index (χ0v) is 20.7. The van der Waals surface area contributed by atoms with E-state index in [2.05, 4.69) is 15.3 Å². The van der Waals surface area contributed by atoms with Crippen LogP contribution in [0.5, 0.6) is 17.2 Å². The SMILES string of the molecule is CCOC(=O)c1c[nH]c(=O)c([C@@H](CC(=O)NCCc2c[nH]c3ccccc23)c2ccc3c(c2)OCO3)c1O. The molecule has 0 fully saturated rings. The molecule has 0 bridgehead atoms. The maximum absolute atomic E-state index is 13.1. The summed E-state index contributed by atoms with van der Waals surface area (Å²) in [6.07, 6.45) is 3.48. The summed E-state index contributed by atoms with van der Waals surface area (Å²) in [4.78, 5) is 44.2. The van der Waals surface area contributed by atoms with Gasteiger partial charge in [-0.3, -0.25) is 9.59 Å². The molecule has 2 aromatic heterocycles. The largest absolute Gasteiger partial charge is 0.506 e. The summed E-state index contributed by atoms with van der Waals surface area (Å²) < 4.78 is 15.9. The van der Waals surface area contributed by atoms with Gasteiger partial charge in [-0.2, -0.15) is 0 Å². The minimum Gasteiger partial charge on any atom is -0.506 e. The molecular formula is C28H27N3O7. The molecule has 4 aromatic rings. The van der Waals surface area contributed by atoms with E-state index < -0.39 is 23.2 Å². The maximum atomic E-state index is 13.1. The molecule has 3 heterocycles. The lowest BCUT2D eigenvalue weighted by molar-refractivity contribution is -0.121. The summed E-state index contributed by atoms with van der Waals surface area (Å²) in [5.41, 5.74) is 1.72. The monoisotopic (exact) mass is 517 g/mol. The van der Waals surface area contributed by atoms with E-state index in [-0.39, 0.29) is 36.9 Å². The molecular weight excluding hydrogens is 490 g/mol. The van der Waals surface area contributed by atoms with Crippen LogP contribution in [-0.4, -0.2) is 46.9 Å². The number of aromatic nitrogens is 2. The number of rotatable bonds is 9. The maximum Gasteiger partial charge on any atom is 0.343 e. The first kappa shape index (κ1) is 24.9. The molecule has 10 nitrogen and oxygen atoms in total. The predicted octanol–water partition coefficient (Wildman–Crippen LogP) is 3.35. The Morgan fingerprint density at radius 3 is 2.76 bits per heavy atom. The number of hydrogen-bond donors (Lipinski definition) is 4. The van der Waals surface area contributed by atoms with Crippen molar-refractivity contribution in [1.82, 2.24) is 15.3 Å². The van der Waals surface area contributed by atoms with Crippen LogP contribution in [0.1, 0.15) is 46.3 Å². The molecule has 0 unspecified atom stereocenters. The molecule has 1 atom stereocenters. The summed E-state index contributed by atoms with van der Waals surface area (Å²) in [5, 5.41) is 15.0. The van der Waals surface area contributed by atoms with Crippen molar-refractivity contribution < 1.29 is 28.9 Å². The van der Waals surface area contributed by atoms with E-state index in [1.807, 2.05) is 30.5 Å². The smallest absolute Gasteiger partial charge is 0.343 e. The lowest BCUT2D eigenvalue weighted by Crippen LogP contribution is -2.29. The number of esters is 1. The summed E-state index contributed by atoms with van der Waals surface area (Å²) in [6.45, 7) is 2.16. The van der Waals surface area contributed by atoms with Crippen LogP contribution in [-0.2, 0) is 16.0 Å². The third-order valence-corrected chi connectivity index (χ3v) is 6.53. The zero-order chi connectivity index (χ0) is 26.6. The lowest BCUT2D eigenvalue weighted by Gasteiger charge is -2.19. The van der Waals surface area contributed by atoms with Gasteiger partial charge in [-0.25, -0.2) is 4.79 Å². The van der Waals surface area contributed by atoms with Crippen LogP contribution in [0, 0.1) is 0 Å². The minimum atomic E-state index is -0.879. The third-order valence-electron chi connectivity index (χ3n) is 6.53. The van der Waals surface area contributed by atoms with Gasteiger partial charge in [0, 0.05) is 42.2 Å². The van der Waals surface area contributed by atoms with Crippen LogP contribution >= 0.6 is 0 Å². The van der Waals surface area contributed by atoms with Gasteiger partial charge >= 0.3 is 5.97 Å². The van der Waals surface area contributed by atoms with Crippen molar-refractivity contribution >= 4 is 22.8 Å². The number of ether oxygens (including phenoxy) is 3. The Kier molecular flexibility index (Phi) is 7.03. The summed E-state index contributed by atoms with van der Waals surface area (Å²) in [7, 11) is 0. The number of hydrogen-bond acceptors (Lipinski definition) is 7. The molecule has 0 aliphatic carbocycles. The molecule has 1 amide bonds. The molecule has 38 heavy (non-hydrogen) atoms. The third kappa shape index (κ3) is 4.93. The highest BCUT2D eigenvalue weighted by atomic mass is 16.7. The number of carbonyl (C=O) groups is 2. The quantitative estimate of drug-likeness (QED) is 0.249. The van der Waals surface area contributed by atoms with Crippen molar-refractivity contribution in [3.8, 4) is 17.2 Å². The van der Waals surface area contributed by atoms with E-state index in [0.29, 0.717) is 30.0 Å². The number of pyridine rings is 1. The highest BCUT2D eigenvalue weighted by molar-refractivity contribution is 5.92. The number of para-hydroxylation sites is 1. The highest BCUT2D eigenvalue weighted by Crippen LogP contribution is 2.39. The second-order valence-electron chi connectivity index (χ2n) is 8.84. The van der Waals surface area contributed by atoms with E-state index in [9.17, 15) is 19.5 Å². The summed E-state index contributed by atoms with van der Waals surface area (Å²) >= 11 is 0. The molecule has 0 saturated carbocycles. The van der Waals surface area contributed by atoms with Gasteiger partial charge in [0.25, 0.3) is 5.56 Å². The first-order chi connectivity index (χ1) is 18.5. The Balaban J connectivity index is 1.41. The van der Waals surface area contributed by atoms with Crippen LogP contribution in [0.4, 0.5) is 0 Å². The number of aromatic amines is 2. The molecule has 196 valence electrons. The van der Waals surface area contributed by atoms with Crippen molar-refractivity contribution in [2.24, 2.45) is 0 Å². The molecule has 1 aliphatic heterocycles. The fourth-order valence-corrected chi connectivity index (χ4v) is 4.67. The number of H-pyrrole nitrogens is 2. The van der Waals surface area contributed by atoms with E-state index in [4.69, 9.17) is 14.2 Å². The van der Waals surface area contributed by atoms with Crippen molar-refractivity contribution in [1.29, 1.82) is 0 Å². The lowest BCUT2D eigenvalue weighted by atomic mass is 9.87. The Bertz CT molecular complexity index is 1560. The second-order valence-corrected chi connectivity index (χ2v) is 8.84. The van der Waals surface area contributed by atoms with Crippen LogP contribution in [0.3, 0.4) is 0 Å². The van der Waals surface area contributed by atoms with E-state index >= 15 is 0 Å². The fourth-order valence-electron chi connectivity index (χ4n) is 4.67. The van der Waals surface area contributed by atoms with Gasteiger partial charge < -0.3 is 34.6 Å². The summed E-state index contributed by atoms with van der Waals surface area (Å²) in [5.74, 6) is -1.51. The molecule has 2 aromatic carbocycles. The molecule has 1 aliphatic rings. The average molecular weight is 518 g/mol. The standard InChI is InChI=1S/C28H27N3O7/c1-2-36-28(35)20-14-31-27(34)25(26(20)33)19(16-7-8-22-23(11-16)38-15-37-22)12-24(32)29-10-9-17-13-30-21-6-4-3-5-18(17)21/h3-8,11,13-14,19,30H,2,9-10,12,15H2,1H3,(H,29,32)(H2,31,33,34)/t19-/m0/s1. The fraction of sp³-hybridized carbons (Fsp3) is 0.250. The van der Waals surface area contributed by atoms with Crippen LogP contribution in [0.15, 0.2) is 59.7 Å². The number of benzene rings is 2. The normalized spacial score (nSPS) is 12.9. The number of nitrogens with one attached hydrogen (secondary N) is 3. The van der Waals surface area contributed by atoms with Crippen molar-refractivity contribution in [2.75, 3.05) is 19.9 Å². The van der Waals surface area contributed by atoms with Gasteiger partial charge in [0.15, 0.2) is 11.5 Å². The van der Waals surface area contributed by atoms with Gasteiger partial charge in [-0.15, -0.1) is 0 Å². The van der Waals surface area contributed by atoms with E-state index in [0.717, 1.165) is 22.7 Å². The Morgan fingerprint density at radius 1 is 1.11 bits per heavy atom. The number of amides is 1. The molecule has 10 heteroatoms. The Hall–Kier alpha value is -4.73. The van der Waals surface area contributed by atoms with Crippen molar-refractivity contribution in [3.63, 3.8) is 0 Å². The van der Waals surface area contributed by atoms with Crippen LogP contribution in [0.2, 0.25) is 0 Å². The number of aromatic hydroxyl groups is 1. The van der Waals surface area contributed by atoms with Gasteiger partial charge in [0.2, 0.25) is 12.7 Å². The molecule has 0 radical (unpaired) electrons. The Morgan fingerprint density at radius 2 is 1.92 bits per heavy atom. The topological polar surface area (TPSA) is 143 Å². The predicted molar refractivity (Wildman–Crippen MR) is 139 cm³/mol. The van der Waals surface area contributed by atoms with Gasteiger partial charge in [-0.05, 0) is 42.7 Å². The molecule has 4 N–H and O–H groups in total. The van der Waals surface area contributed by atoms with Crippen molar-refractivity contribution in [2.45, 2.75) is 25.7 Å². The highest BCUT2D eigenvalue weighted by Gasteiger charge is 2.29. The first-order valence-electron chi connectivity index (χ1n) is 12.3. The zero-order valence-electron chi connectivity index (χ0n) is 20.7.